The number of amides is 1. The highest BCUT2D eigenvalue weighted by Gasteiger charge is 2.27. The van der Waals surface area contributed by atoms with Gasteiger partial charge < -0.3 is 19.4 Å². The number of carbonyl (C=O) groups is 1. The zero-order chi connectivity index (χ0) is 19.3. The summed E-state index contributed by atoms with van der Waals surface area (Å²) in [6.45, 7) is 6.13. The van der Waals surface area contributed by atoms with Crippen LogP contribution in [-0.2, 0) is 0 Å². The number of ether oxygens (including phenoxy) is 1. The summed E-state index contributed by atoms with van der Waals surface area (Å²) in [6.07, 6.45) is 4.01. The molecule has 5 heteroatoms. The summed E-state index contributed by atoms with van der Waals surface area (Å²) in [5.41, 5.74) is 2.86. The minimum atomic E-state index is 0.0470. The third-order valence-corrected chi connectivity index (χ3v) is 5.82. The molecule has 0 aliphatic carbocycles. The highest BCUT2D eigenvalue weighted by molar-refractivity contribution is 6.08. The van der Waals surface area contributed by atoms with Crippen LogP contribution in [0.25, 0.3) is 0 Å². The fourth-order valence-electron chi connectivity index (χ4n) is 4.20. The Morgan fingerprint density at radius 3 is 2.29 bits per heavy atom. The molecule has 0 unspecified atom stereocenters. The first kappa shape index (κ1) is 18.8. The molecule has 1 fully saturated rings. The van der Waals surface area contributed by atoms with Crippen molar-refractivity contribution in [3.05, 3.63) is 54.1 Å². The molecule has 2 aromatic rings. The Morgan fingerprint density at radius 2 is 1.57 bits per heavy atom. The van der Waals surface area contributed by atoms with Gasteiger partial charge in [0.2, 0.25) is 0 Å². The lowest BCUT2D eigenvalue weighted by Gasteiger charge is -2.39. The van der Waals surface area contributed by atoms with E-state index in [-0.39, 0.29) is 5.91 Å². The highest BCUT2D eigenvalue weighted by Crippen LogP contribution is 2.33. The molecule has 2 aromatic carbocycles. The van der Waals surface area contributed by atoms with Crippen LogP contribution in [0.1, 0.15) is 29.6 Å². The molecule has 2 aliphatic heterocycles. The Balaban J connectivity index is 1.49. The molecule has 0 N–H and O–H groups in total. The molecule has 0 saturated carbocycles. The maximum absolute atomic E-state index is 13.1. The third kappa shape index (κ3) is 3.99. The molecule has 2 aliphatic rings. The van der Waals surface area contributed by atoms with E-state index in [4.69, 9.17) is 4.74 Å². The fraction of sp³-hybridized carbons (Fsp3) is 0.435. The SMILES string of the molecule is COc1ccc(C(=O)N2CCN(CCN3CCCCC3)c3ccccc32)cc1. The zero-order valence-corrected chi connectivity index (χ0v) is 16.6. The molecular weight excluding hydrogens is 350 g/mol. The molecule has 148 valence electrons. The van der Waals surface area contributed by atoms with Crippen LogP contribution in [-0.4, -0.2) is 57.2 Å². The smallest absolute Gasteiger partial charge is 0.258 e. The standard InChI is InChI=1S/C23H29N3O2/c1-28-20-11-9-19(10-12-20)23(27)26-18-17-25(21-7-3-4-8-22(21)26)16-15-24-13-5-2-6-14-24/h3-4,7-12H,2,5-6,13-18H2,1H3. The normalized spacial score (nSPS) is 17.3. The second kappa shape index (κ2) is 8.65. The second-order valence-corrected chi connectivity index (χ2v) is 7.56. The topological polar surface area (TPSA) is 36.0 Å². The Morgan fingerprint density at radius 1 is 0.857 bits per heavy atom. The van der Waals surface area contributed by atoms with Crippen molar-refractivity contribution in [1.29, 1.82) is 0 Å². The lowest BCUT2D eigenvalue weighted by atomic mass is 10.1. The fourth-order valence-corrected chi connectivity index (χ4v) is 4.20. The van der Waals surface area contributed by atoms with Gasteiger partial charge in [0.05, 0.1) is 18.5 Å². The third-order valence-electron chi connectivity index (χ3n) is 5.82. The van der Waals surface area contributed by atoms with Crippen LogP contribution in [0.5, 0.6) is 5.75 Å². The maximum Gasteiger partial charge on any atom is 0.258 e. The summed E-state index contributed by atoms with van der Waals surface area (Å²) in [5.74, 6) is 0.810. The quantitative estimate of drug-likeness (QED) is 0.795. The molecule has 5 nitrogen and oxygen atoms in total. The monoisotopic (exact) mass is 379 g/mol. The summed E-state index contributed by atoms with van der Waals surface area (Å²) in [6, 6.07) is 15.6. The predicted molar refractivity (Wildman–Crippen MR) is 114 cm³/mol. The maximum atomic E-state index is 13.1. The number of para-hydroxylation sites is 2. The Labute approximate surface area is 167 Å². The van der Waals surface area contributed by atoms with Gasteiger partial charge in [-0.15, -0.1) is 0 Å². The summed E-state index contributed by atoms with van der Waals surface area (Å²) in [4.78, 5) is 20.0. The number of hydrogen-bond acceptors (Lipinski definition) is 4. The van der Waals surface area contributed by atoms with E-state index in [1.165, 1.54) is 32.4 Å². The summed E-state index contributed by atoms with van der Waals surface area (Å²) in [7, 11) is 1.64. The molecule has 0 spiro atoms. The summed E-state index contributed by atoms with van der Waals surface area (Å²) in [5, 5.41) is 0. The van der Waals surface area contributed by atoms with Crippen LogP contribution in [0.2, 0.25) is 0 Å². The Hall–Kier alpha value is -2.53. The van der Waals surface area contributed by atoms with Crippen molar-refractivity contribution >= 4 is 17.3 Å². The van der Waals surface area contributed by atoms with Crippen LogP contribution in [0, 0.1) is 0 Å². The molecule has 0 atom stereocenters. The number of methoxy groups -OCH3 is 1. The number of fused-ring (bicyclic) bond motifs is 1. The predicted octanol–water partition coefficient (Wildman–Crippen LogP) is 3.65. The van der Waals surface area contributed by atoms with E-state index < -0.39 is 0 Å². The van der Waals surface area contributed by atoms with Crippen LogP contribution in [0.15, 0.2) is 48.5 Å². The largest absolute Gasteiger partial charge is 0.497 e. The van der Waals surface area contributed by atoms with Crippen molar-refractivity contribution in [2.45, 2.75) is 19.3 Å². The lowest BCUT2D eigenvalue weighted by Crippen LogP contribution is -2.46. The summed E-state index contributed by atoms with van der Waals surface area (Å²) < 4.78 is 5.21. The van der Waals surface area contributed by atoms with E-state index in [2.05, 4.69) is 28.0 Å². The van der Waals surface area contributed by atoms with E-state index in [0.717, 1.165) is 36.8 Å². The van der Waals surface area contributed by atoms with E-state index in [1.54, 1.807) is 7.11 Å². The minimum Gasteiger partial charge on any atom is -0.497 e. The molecule has 4 rings (SSSR count). The van der Waals surface area contributed by atoms with Gasteiger partial charge in [0.15, 0.2) is 0 Å². The van der Waals surface area contributed by atoms with Crippen molar-refractivity contribution in [2.24, 2.45) is 0 Å². The van der Waals surface area contributed by atoms with Gasteiger partial charge >= 0.3 is 0 Å². The molecule has 0 radical (unpaired) electrons. The first-order valence-electron chi connectivity index (χ1n) is 10.3. The van der Waals surface area contributed by atoms with Gasteiger partial charge in [0.1, 0.15) is 5.75 Å². The molecule has 1 saturated heterocycles. The first-order chi connectivity index (χ1) is 13.8. The summed E-state index contributed by atoms with van der Waals surface area (Å²) >= 11 is 0. The number of rotatable bonds is 5. The van der Waals surface area contributed by atoms with Crippen molar-refractivity contribution in [3.63, 3.8) is 0 Å². The molecule has 0 bridgehead atoms. The number of likely N-dealkylation sites (tertiary alicyclic amines) is 1. The number of piperidine rings is 1. The van der Waals surface area contributed by atoms with Crippen LogP contribution in [0.3, 0.4) is 0 Å². The van der Waals surface area contributed by atoms with Crippen LogP contribution in [0.4, 0.5) is 11.4 Å². The van der Waals surface area contributed by atoms with E-state index in [1.807, 2.05) is 35.2 Å². The van der Waals surface area contributed by atoms with Crippen molar-refractivity contribution < 1.29 is 9.53 Å². The van der Waals surface area contributed by atoms with Gasteiger partial charge in [-0.05, 0) is 62.3 Å². The van der Waals surface area contributed by atoms with Crippen LogP contribution < -0.4 is 14.5 Å². The Bertz CT molecular complexity index is 800. The average Bonchev–Trinajstić information content (AvgIpc) is 2.77. The molecule has 2 heterocycles. The highest BCUT2D eigenvalue weighted by atomic mass is 16.5. The number of anilines is 2. The number of nitrogens with zero attached hydrogens (tertiary/aromatic N) is 3. The minimum absolute atomic E-state index is 0.0470. The van der Waals surface area contributed by atoms with Gasteiger partial charge in [0.25, 0.3) is 5.91 Å². The van der Waals surface area contributed by atoms with Gasteiger partial charge in [-0.1, -0.05) is 18.6 Å². The van der Waals surface area contributed by atoms with E-state index >= 15 is 0 Å². The van der Waals surface area contributed by atoms with Gasteiger partial charge in [-0.3, -0.25) is 4.79 Å². The van der Waals surface area contributed by atoms with Crippen molar-refractivity contribution in [1.82, 2.24) is 4.90 Å². The molecule has 0 aromatic heterocycles. The molecule has 28 heavy (non-hydrogen) atoms. The van der Waals surface area contributed by atoms with Crippen LogP contribution >= 0.6 is 0 Å². The number of carbonyl (C=O) groups excluding carboxylic acids is 1. The first-order valence-corrected chi connectivity index (χ1v) is 10.3. The zero-order valence-electron chi connectivity index (χ0n) is 16.6. The number of hydrogen-bond donors (Lipinski definition) is 0. The lowest BCUT2D eigenvalue weighted by molar-refractivity contribution is 0.0986. The number of benzene rings is 2. The van der Waals surface area contributed by atoms with Gasteiger partial charge in [-0.2, -0.15) is 0 Å². The van der Waals surface area contributed by atoms with Gasteiger partial charge in [0, 0.05) is 31.7 Å². The van der Waals surface area contributed by atoms with Gasteiger partial charge in [-0.25, -0.2) is 0 Å². The molecular formula is C23H29N3O2. The second-order valence-electron chi connectivity index (χ2n) is 7.56. The van der Waals surface area contributed by atoms with Crippen molar-refractivity contribution in [3.8, 4) is 5.75 Å². The Kier molecular flexibility index (Phi) is 5.81. The average molecular weight is 380 g/mol. The van der Waals surface area contributed by atoms with Crippen molar-refractivity contribution in [2.75, 3.05) is 56.2 Å². The van der Waals surface area contributed by atoms with E-state index in [9.17, 15) is 4.79 Å². The molecule has 1 amide bonds. The van der Waals surface area contributed by atoms with E-state index in [0.29, 0.717) is 12.1 Å².